The predicted octanol–water partition coefficient (Wildman–Crippen LogP) is 5.34. The zero-order chi connectivity index (χ0) is 29.7. The number of piperidine rings is 1. The Hall–Kier alpha value is -3.81. The Kier molecular flexibility index (Phi) is 8.73. The van der Waals surface area contributed by atoms with Gasteiger partial charge in [-0.2, -0.15) is 4.98 Å². The van der Waals surface area contributed by atoms with Gasteiger partial charge in [-0.1, -0.05) is 96.2 Å². The van der Waals surface area contributed by atoms with Crippen LogP contribution in [0, 0.1) is 0 Å². The molecule has 0 radical (unpaired) electrons. The van der Waals surface area contributed by atoms with Crippen LogP contribution in [0.25, 0.3) is 0 Å². The van der Waals surface area contributed by atoms with Gasteiger partial charge in [0.1, 0.15) is 5.41 Å². The molecular weight excluding hydrogens is 534 g/mol. The minimum Gasteiger partial charge on any atom is -0.342 e. The highest BCUT2D eigenvalue weighted by Gasteiger charge is 2.46. The Bertz CT molecular complexity index is 1420. The molecule has 1 aromatic heterocycles. The Morgan fingerprint density at radius 3 is 2.00 bits per heavy atom. The Morgan fingerprint density at radius 1 is 0.884 bits per heavy atom. The molecule has 43 heavy (non-hydrogen) atoms. The first-order chi connectivity index (χ1) is 21.0. The molecule has 7 heteroatoms. The van der Waals surface area contributed by atoms with Crippen molar-refractivity contribution in [1.29, 1.82) is 0 Å². The number of rotatable bonds is 10. The third kappa shape index (κ3) is 5.89. The second kappa shape index (κ2) is 12.8. The molecular formula is C36H43N5O2. The van der Waals surface area contributed by atoms with Crippen LogP contribution in [0.1, 0.15) is 67.4 Å². The second-order valence-electron chi connectivity index (χ2n) is 12.4. The average molecular weight is 578 g/mol. The second-order valence-corrected chi connectivity index (χ2v) is 12.4. The third-order valence-corrected chi connectivity index (χ3v) is 9.52. The fourth-order valence-corrected chi connectivity index (χ4v) is 7.14. The molecule has 0 bridgehead atoms. The first-order valence-electron chi connectivity index (χ1n) is 15.8. The molecule has 3 heterocycles. The number of benzene rings is 3. The average Bonchev–Trinajstić information content (AvgIpc) is 3.76. The summed E-state index contributed by atoms with van der Waals surface area (Å²) in [5, 5.41) is 4.49. The van der Waals surface area contributed by atoms with Gasteiger partial charge >= 0.3 is 0 Å². The van der Waals surface area contributed by atoms with Gasteiger partial charge in [-0.25, -0.2) is 0 Å². The Labute approximate surface area is 255 Å². The SMILES string of the molecule is CC(N)Cc1nc(C2(c3ccccc3)CCN(CCC(C(=O)N3CCCC3)(c3ccccc3)c3ccccc3)CC2)no1. The summed E-state index contributed by atoms with van der Waals surface area (Å²) in [5.41, 5.74) is 8.33. The zero-order valence-electron chi connectivity index (χ0n) is 25.2. The van der Waals surface area contributed by atoms with Crippen LogP contribution in [0.3, 0.4) is 0 Å². The molecule has 0 aliphatic carbocycles. The molecule has 2 fully saturated rings. The van der Waals surface area contributed by atoms with Crippen molar-refractivity contribution in [2.45, 2.75) is 62.3 Å². The summed E-state index contributed by atoms with van der Waals surface area (Å²) in [6, 6.07) is 31.4. The minimum atomic E-state index is -0.734. The van der Waals surface area contributed by atoms with Crippen LogP contribution >= 0.6 is 0 Å². The Morgan fingerprint density at radius 2 is 1.44 bits per heavy atom. The van der Waals surface area contributed by atoms with E-state index in [0.29, 0.717) is 12.3 Å². The van der Waals surface area contributed by atoms with Crippen LogP contribution in [0.5, 0.6) is 0 Å². The van der Waals surface area contributed by atoms with Gasteiger partial charge in [0.15, 0.2) is 5.82 Å². The monoisotopic (exact) mass is 577 g/mol. The van der Waals surface area contributed by atoms with Crippen molar-refractivity contribution in [2.24, 2.45) is 5.73 Å². The van der Waals surface area contributed by atoms with Crippen molar-refractivity contribution in [3.63, 3.8) is 0 Å². The quantitative estimate of drug-likeness (QED) is 0.274. The van der Waals surface area contributed by atoms with Gasteiger partial charge in [-0.15, -0.1) is 0 Å². The molecule has 0 spiro atoms. The first-order valence-corrected chi connectivity index (χ1v) is 15.8. The van der Waals surface area contributed by atoms with E-state index < -0.39 is 5.41 Å². The number of hydrogen-bond donors (Lipinski definition) is 1. The number of carbonyl (C=O) groups excluding carboxylic acids is 1. The molecule has 6 rings (SSSR count). The van der Waals surface area contributed by atoms with Crippen LogP contribution in [-0.4, -0.2) is 64.6 Å². The van der Waals surface area contributed by atoms with Gasteiger partial charge in [0.25, 0.3) is 0 Å². The summed E-state index contributed by atoms with van der Waals surface area (Å²) in [6.45, 7) is 6.19. The predicted molar refractivity (Wildman–Crippen MR) is 169 cm³/mol. The van der Waals surface area contributed by atoms with Crippen LogP contribution < -0.4 is 5.73 Å². The lowest BCUT2D eigenvalue weighted by atomic mass is 9.70. The number of hydrogen-bond acceptors (Lipinski definition) is 6. The third-order valence-electron chi connectivity index (χ3n) is 9.52. The molecule has 0 saturated carbocycles. The van der Waals surface area contributed by atoms with Gasteiger partial charge in [0, 0.05) is 25.6 Å². The maximum Gasteiger partial charge on any atom is 0.237 e. The smallest absolute Gasteiger partial charge is 0.237 e. The van der Waals surface area contributed by atoms with E-state index in [9.17, 15) is 4.79 Å². The highest BCUT2D eigenvalue weighted by molar-refractivity contribution is 5.92. The molecule has 2 saturated heterocycles. The molecule has 2 aliphatic rings. The van der Waals surface area contributed by atoms with E-state index in [0.717, 1.165) is 81.8 Å². The van der Waals surface area contributed by atoms with Gasteiger partial charge in [-0.3, -0.25) is 4.79 Å². The standard InChI is InChI=1S/C36H43N5O2/c1-28(37)27-32-38-33(39-43-32)35(29-13-5-2-6-14-29)19-24-40(25-20-35)26-21-36(30-15-7-3-8-16-30,31-17-9-4-10-18-31)34(42)41-22-11-12-23-41/h2-10,13-18,28H,11-12,19-27,37H2,1H3. The molecule has 1 amide bonds. The van der Waals surface area contributed by atoms with Gasteiger partial charge in [0.2, 0.25) is 11.8 Å². The summed E-state index contributed by atoms with van der Waals surface area (Å²) < 4.78 is 5.67. The van der Waals surface area contributed by atoms with Crippen LogP contribution in [0.2, 0.25) is 0 Å². The largest absolute Gasteiger partial charge is 0.342 e. The maximum atomic E-state index is 14.6. The Balaban J connectivity index is 1.28. The van der Waals surface area contributed by atoms with Crippen molar-refractivity contribution >= 4 is 5.91 Å². The van der Waals surface area contributed by atoms with Gasteiger partial charge in [-0.05, 0) is 75.4 Å². The van der Waals surface area contributed by atoms with E-state index in [2.05, 4.69) is 87.8 Å². The molecule has 7 nitrogen and oxygen atoms in total. The maximum absolute atomic E-state index is 14.6. The molecule has 4 aromatic rings. The summed E-state index contributed by atoms with van der Waals surface area (Å²) in [6.07, 6.45) is 5.17. The summed E-state index contributed by atoms with van der Waals surface area (Å²) in [4.78, 5) is 24.0. The summed E-state index contributed by atoms with van der Waals surface area (Å²) in [5.74, 6) is 1.58. The van der Waals surface area contributed by atoms with Crippen molar-refractivity contribution in [1.82, 2.24) is 19.9 Å². The van der Waals surface area contributed by atoms with E-state index in [1.165, 1.54) is 5.56 Å². The highest BCUT2D eigenvalue weighted by atomic mass is 16.5. The topological polar surface area (TPSA) is 88.5 Å². The van der Waals surface area contributed by atoms with E-state index in [1.807, 2.05) is 25.1 Å². The summed E-state index contributed by atoms with van der Waals surface area (Å²) in [7, 11) is 0. The summed E-state index contributed by atoms with van der Waals surface area (Å²) >= 11 is 0. The molecule has 2 N–H and O–H groups in total. The fraction of sp³-hybridized carbons (Fsp3) is 0.417. The zero-order valence-corrected chi connectivity index (χ0v) is 25.2. The van der Waals surface area contributed by atoms with Gasteiger partial charge < -0.3 is 20.1 Å². The fourth-order valence-electron chi connectivity index (χ4n) is 7.14. The first kappa shape index (κ1) is 29.3. The molecule has 2 aliphatic heterocycles. The van der Waals surface area contributed by atoms with Crippen LogP contribution in [0.15, 0.2) is 95.5 Å². The van der Waals surface area contributed by atoms with E-state index >= 15 is 0 Å². The normalized spacial score (nSPS) is 18.0. The number of aromatic nitrogens is 2. The van der Waals surface area contributed by atoms with Crippen molar-refractivity contribution < 1.29 is 9.32 Å². The molecule has 1 unspecified atom stereocenters. The number of amides is 1. The number of likely N-dealkylation sites (tertiary alicyclic amines) is 2. The number of carbonyl (C=O) groups is 1. The highest BCUT2D eigenvalue weighted by Crippen LogP contribution is 2.42. The van der Waals surface area contributed by atoms with Crippen molar-refractivity contribution in [2.75, 3.05) is 32.7 Å². The lowest BCUT2D eigenvalue weighted by molar-refractivity contribution is -0.135. The van der Waals surface area contributed by atoms with E-state index in [-0.39, 0.29) is 17.4 Å². The minimum absolute atomic E-state index is 0.0411. The van der Waals surface area contributed by atoms with Crippen molar-refractivity contribution in [3.8, 4) is 0 Å². The lowest BCUT2D eigenvalue weighted by Gasteiger charge is -2.42. The van der Waals surface area contributed by atoms with E-state index in [1.54, 1.807) is 0 Å². The van der Waals surface area contributed by atoms with Crippen LogP contribution in [-0.2, 0) is 22.0 Å². The molecule has 3 aromatic carbocycles. The lowest BCUT2D eigenvalue weighted by Crippen LogP contribution is -2.50. The number of nitrogens with zero attached hydrogens (tertiary/aromatic N) is 4. The number of nitrogens with two attached hydrogens (primary N) is 1. The molecule has 1 atom stereocenters. The van der Waals surface area contributed by atoms with Crippen LogP contribution in [0.4, 0.5) is 0 Å². The van der Waals surface area contributed by atoms with E-state index in [4.69, 9.17) is 15.2 Å². The molecule has 224 valence electrons. The van der Waals surface area contributed by atoms with Gasteiger partial charge in [0.05, 0.1) is 5.41 Å². The van der Waals surface area contributed by atoms with Crippen molar-refractivity contribution in [3.05, 3.63) is 119 Å².